The Bertz CT molecular complexity index is 1370. The first kappa shape index (κ1) is 26.6. The molecule has 2 N–H and O–H groups in total. The van der Waals surface area contributed by atoms with E-state index >= 15 is 0 Å². The fourth-order valence-corrected chi connectivity index (χ4v) is 4.79. The lowest BCUT2D eigenvalue weighted by Crippen LogP contribution is -2.42. The Kier molecular flexibility index (Phi) is 8.89. The quantitative estimate of drug-likeness (QED) is 0.239. The van der Waals surface area contributed by atoms with Crippen LogP contribution in [0.2, 0.25) is 0 Å². The highest BCUT2D eigenvalue weighted by Gasteiger charge is 2.21. The summed E-state index contributed by atoms with van der Waals surface area (Å²) in [4.78, 5) is 31.4. The Morgan fingerprint density at radius 2 is 1.76 bits per heavy atom. The Morgan fingerprint density at radius 3 is 2.39 bits per heavy atom. The standard InChI is InChI=1S/C30H29N3O4S/c1-3-17-33(30-32-27(20-38-30)23-13-15-25(37-2)16-14-23)19-22-9-11-24(12-10-22)28(34)31-26(29(35)36)18-21-7-5-4-6-8-21/h3-16,20,26H,1,17-19H2,2H3,(H,31,34)(H,35,36). The second-order valence-electron chi connectivity index (χ2n) is 8.66. The second kappa shape index (κ2) is 12.7. The number of carboxylic acid groups (broad SMARTS) is 1. The van der Waals surface area contributed by atoms with Gasteiger partial charge >= 0.3 is 5.97 Å². The summed E-state index contributed by atoms with van der Waals surface area (Å²) < 4.78 is 5.23. The van der Waals surface area contributed by atoms with Gasteiger partial charge in [-0.15, -0.1) is 17.9 Å². The molecule has 0 aliphatic carbocycles. The average Bonchev–Trinajstić information content (AvgIpc) is 3.44. The van der Waals surface area contributed by atoms with Crippen LogP contribution in [-0.2, 0) is 17.8 Å². The molecule has 8 heteroatoms. The molecule has 0 aliphatic rings. The van der Waals surface area contributed by atoms with Crippen molar-refractivity contribution in [2.24, 2.45) is 0 Å². The van der Waals surface area contributed by atoms with Gasteiger partial charge in [-0.3, -0.25) is 4.79 Å². The molecule has 1 heterocycles. The van der Waals surface area contributed by atoms with Crippen molar-refractivity contribution in [1.29, 1.82) is 0 Å². The number of benzene rings is 3. The first-order valence-electron chi connectivity index (χ1n) is 12.1. The van der Waals surface area contributed by atoms with Crippen LogP contribution in [0.4, 0.5) is 5.13 Å². The number of thiazole rings is 1. The summed E-state index contributed by atoms with van der Waals surface area (Å²) in [6.45, 7) is 5.07. The molecule has 0 radical (unpaired) electrons. The maximum atomic E-state index is 12.8. The van der Waals surface area contributed by atoms with Crippen molar-refractivity contribution in [1.82, 2.24) is 10.3 Å². The molecule has 0 aliphatic heterocycles. The zero-order valence-electron chi connectivity index (χ0n) is 21.0. The minimum absolute atomic E-state index is 0.211. The van der Waals surface area contributed by atoms with Gasteiger partial charge in [-0.25, -0.2) is 9.78 Å². The molecule has 0 saturated carbocycles. The van der Waals surface area contributed by atoms with E-state index in [1.54, 1.807) is 30.6 Å². The van der Waals surface area contributed by atoms with Crippen LogP contribution in [0.25, 0.3) is 11.3 Å². The summed E-state index contributed by atoms with van der Waals surface area (Å²) in [5.41, 5.74) is 4.13. The number of aliphatic carboxylic acids is 1. The zero-order chi connectivity index (χ0) is 26.9. The number of ether oxygens (including phenoxy) is 1. The van der Waals surface area contributed by atoms with Crippen LogP contribution in [0.3, 0.4) is 0 Å². The van der Waals surface area contributed by atoms with Gasteiger partial charge in [0.1, 0.15) is 11.8 Å². The zero-order valence-corrected chi connectivity index (χ0v) is 21.9. The third kappa shape index (κ3) is 6.86. The number of carboxylic acids is 1. The van der Waals surface area contributed by atoms with Crippen molar-refractivity contribution in [3.63, 3.8) is 0 Å². The lowest BCUT2D eigenvalue weighted by atomic mass is 10.1. The topological polar surface area (TPSA) is 91.8 Å². The van der Waals surface area contributed by atoms with Crippen LogP contribution in [0, 0.1) is 0 Å². The van der Waals surface area contributed by atoms with E-state index in [2.05, 4.69) is 16.8 Å². The summed E-state index contributed by atoms with van der Waals surface area (Å²) in [5.74, 6) is -0.701. The number of nitrogens with one attached hydrogen (secondary N) is 1. The SMILES string of the molecule is C=CCN(Cc1ccc(C(=O)NC(Cc2ccccc2)C(=O)O)cc1)c1nc(-c2ccc(OC)cc2)cs1. The number of anilines is 1. The van der Waals surface area contributed by atoms with E-state index in [9.17, 15) is 14.7 Å². The van der Waals surface area contributed by atoms with E-state index in [-0.39, 0.29) is 6.42 Å². The Balaban J connectivity index is 1.42. The fraction of sp³-hybridized carbons (Fsp3) is 0.167. The smallest absolute Gasteiger partial charge is 0.326 e. The van der Waals surface area contributed by atoms with Gasteiger partial charge in [0, 0.05) is 36.0 Å². The number of rotatable bonds is 12. The lowest BCUT2D eigenvalue weighted by Gasteiger charge is -2.20. The number of hydrogen-bond donors (Lipinski definition) is 2. The number of methoxy groups -OCH3 is 1. The van der Waals surface area contributed by atoms with Crippen LogP contribution in [0.5, 0.6) is 5.75 Å². The van der Waals surface area contributed by atoms with Gasteiger partial charge in [0.25, 0.3) is 5.91 Å². The van der Waals surface area contributed by atoms with Gasteiger partial charge in [-0.1, -0.05) is 48.5 Å². The summed E-state index contributed by atoms with van der Waals surface area (Å²) in [6.07, 6.45) is 2.04. The maximum absolute atomic E-state index is 12.8. The van der Waals surface area contributed by atoms with Crippen LogP contribution >= 0.6 is 11.3 Å². The van der Waals surface area contributed by atoms with Crippen molar-refractivity contribution in [2.45, 2.75) is 19.0 Å². The number of carbonyl (C=O) groups is 2. The Labute approximate surface area is 226 Å². The number of aromatic nitrogens is 1. The van der Waals surface area contributed by atoms with E-state index < -0.39 is 17.9 Å². The molecule has 0 fully saturated rings. The van der Waals surface area contributed by atoms with Gasteiger partial charge in [-0.2, -0.15) is 0 Å². The van der Waals surface area contributed by atoms with Gasteiger partial charge in [0.05, 0.1) is 12.8 Å². The maximum Gasteiger partial charge on any atom is 0.326 e. The molecule has 4 rings (SSSR count). The fourth-order valence-electron chi connectivity index (χ4n) is 3.94. The molecular formula is C30H29N3O4S. The number of hydrogen-bond acceptors (Lipinski definition) is 6. The first-order valence-corrected chi connectivity index (χ1v) is 13.0. The Hall–Kier alpha value is -4.43. The lowest BCUT2D eigenvalue weighted by molar-refractivity contribution is -0.139. The summed E-state index contributed by atoms with van der Waals surface area (Å²) in [7, 11) is 1.64. The van der Waals surface area contributed by atoms with Crippen molar-refractivity contribution >= 4 is 28.3 Å². The highest BCUT2D eigenvalue weighted by molar-refractivity contribution is 7.14. The minimum atomic E-state index is -1.07. The van der Waals surface area contributed by atoms with Gasteiger partial charge in [-0.05, 0) is 47.5 Å². The van der Waals surface area contributed by atoms with Crippen LogP contribution < -0.4 is 15.0 Å². The number of nitrogens with zero attached hydrogens (tertiary/aromatic N) is 2. The normalized spacial score (nSPS) is 11.4. The predicted molar refractivity (Wildman–Crippen MR) is 151 cm³/mol. The molecular weight excluding hydrogens is 498 g/mol. The van der Waals surface area contributed by atoms with Gasteiger partial charge in [0.15, 0.2) is 5.13 Å². The van der Waals surface area contributed by atoms with Crippen LogP contribution in [-0.4, -0.2) is 41.7 Å². The van der Waals surface area contributed by atoms with E-state index in [0.29, 0.717) is 18.7 Å². The molecule has 7 nitrogen and oxygen atoms in total. The van der Waals surface area contributed by atoms with Crippen molar-refractivity contribution in [3.8, 4) is 17.0 Å². The van der Waals surface area contributed by atoms with E-state index in [0.717, 1.165) is 33.3 Å². The molecule has 0 saturated heterocycles. The highest BCUT2D eigenvalue weighted by Crippen LogP contribution is 2.29. The van der Waals surface area contributed by atoms with Gasteiger partial charge < -0.3 is 20.1 Å². The molecule has 1 unspecified atom stereocenters. The molecule has 1 atom stereocenters. The molecule has 1 amide bonds. The van der Waals surface area contributed by atoms with E-state index in [1.165, 1.54) is 0 Å². The first-order chi connectivity index (χ1) is 18.5. The van der Waals surface area contributed by atoms with Gasteiger partial charge in [0.2, 0.25) is 0 Å². The molecule has 3 aromatic carbocycles. The van der Waals surface area contributed by atoms with Crippen LogP contribution in [0.1, 0.15) is 21.5 Å². The number of amides is 1. The third-order valence-electron chi connectivity index (χ3n) is 5.97. The van der Waals surface area contributed by atoms with Crippen molar-refractivity contribution in [3.05, 3.63) is 114 Å². The summed E-state index contributed by atoms with van der Waals surface area (Å²) in [6, 6.07) is 23.2. The molecule has 4 aromatic rings. The van der Waals surface area contributed by atoms with Crippen LogP contribution in [0.15, 0.2) is 96.9 Å². The van der Waals surface area contributed by atoms with E-state index in [4.69, 9.17) is 9.72 Å². The number of carbonyl (C=O) groups excluding carboxylic acids is 1. The summed E-state index contributed by atoms with van der Waals surface area (Å²) >= 11 is 1.56. The molecule has 0 spiro atoms. The minimum Gasteiger partial charge on any atom is -0.497 e. The monoisotopic (exact) mass is 527 g/mol. The van der Waals surface area contributed by atoms with E-state index in [1.807, 2.05) is 78.2 Å². The highest BCUT2D eigenvalue weighted by atomic mass is 32.1. The third-order valence-corrected chi connectivity index (χ3v) is 6.87. The molecule has 0 bridgehead atoms. The predicted octanol–water partition coefficient (Wildman–Crippen LogP) is 5.44. The largest absolute Gasteiger partial charge is 0.497 e. The van der Waals surface area contributed by atoms with Crippen molar-refractivity contribution < 1.29 is 19.4 Å². The average molecular weight is 528 g/mol. The molecule has 194 valence electrons. The summed E-state index contributed by atoms with van der Waals surface area (Å²) in [5, 5.41) is 15.1. The molecule has 1 aromatic heterocycles. The van der Waals surface area contributed by atoms with Crippen molar-refractivity contribution in [2.75, 3.05) is 18.6 Å². The second-order valence-corrected chi connectivity index (χ2v) is 9.50. The Morgan fingerprint density at radius 1 is 1.05 bits per heavy atom. The molecule has 38 heavy (non-hydrogen) atoms.